The standard InChI is InChI=1S/C12H14F2N2O.ClH/c13-7-4-5-11(9(14)6-7)16-12(17)8-2-1-3-10(8)15;/h4-6,8,10H,1-3,15H2,(H,16,17);1H. The van der Waals surface area contributed by atoms with Crippen molar-refractivity contribution in [1.82, 2.24) is 0 Å². The molecule has 18 heavy (non-hydrogen) atoms. The van der Waals surface area contributed by atoms with Crippen molar-refractivity contribution in [2.75, 3.05) is 5.32 Å². The minimum absolute atomic E-state index is 0. The van der Waals surface area contributed by atoms with E-state index in [1.807, 2.05) is 0 Å². The molecule has 0 aromatic heterocycles. The van der Waals surface area contributed by atoms with Crippen LogP contribution in [0, 0.1) is 17.6 Å². The van der Waals surface area contributed by atoms with Gasteiger partial charge in [0.2, 0.25) is 5.91 Å². The van der Waals surface area contributed by atoms with Gasteiger partial charge in [0.15, 0.2) is 0 Å². The second kappa shape index (κ2) is 6.11. The quantitative estimate of drug-likeness (QED) is 0.872. The molecule has 1 aliphatic rings. The van der Waals surface area contributed by atoms with Crippen LogP contribution in [0.4, 0.5) is 14.5 Å². The average molecular weight is 277 g/mol. The first-order valence-corrected chi connectivity index (χ1v) is 5.59. The molecular weight excluding hydrogens is 262 g/mol. The highest BCUT2D eigenvalue weighted by molar-refractivity contribution is 5.93. The lowest BCUT2D eigenvalue weighted by molar-refractivity contribution is -0.120. The molecule has 6 heteroatoms. The third-order valence-corrected chi connectivity index (χ3v) is 3.10. The molecule has 1 fully saturated rings. The summed E-state index contributed by atoms with van der Waals surface area (Å²) in [6.07, 6.45) is 2.44. The molecule has 1 aliphatic carbocycles. The number of halogens is 3. The number of hydrogen-bond donors (Lipinski definition) is 2. The summed E-state index contributed by atoms with van der Waals surface area (Å²) in [4.78, 5) is 11.8. The van der Waals surface area contributed by atoms with Gasteiger partial charge in [-0.15, -0.1) is 12.4 Å². The Hall–Kier alpha value is -1.20. The molecule has 0 saturated heterocycles. The van der Waals surface area contributed by atoms with Crippen LogP contribution in [0.1, 0.15) is 19.3 Å². The zero-order valence-corrected chi connectivity index (χ0v) is 10.5. The molecule has 3 nitrogen and oxygen atoms in total. The fourth-order valence-electron chi connectivity index (χ4n) is 2.13. The SMILES string of the molecule is Cl.NC1CCCC1C(=O)Nc1ccc(F)cc1F. The molecule has 1 saturated carbocycles. The fraction of sp³-hybridized carbons (Fsp3) is 0.417. The largest absolute Gasteiger partial charge is 0.327 e. The molecule has 1 aromatic carbocycles. The lowest BCUT2D eigenvalue weighted by Crippen LogP contribution is -2.34. The minimum atomic E-state index is -0.773. The summed E-state index contributed by atoms with van der Waals surface area (Å²) >= 11 is 0. The maximum Gasteiger partial charge on any atom is 0.229 e. The van der Waals surface area contributed by atoms with Crippen molar-refractivity contribution in [2.45, 2.75) is 25.3 Å². The molecular formula is C12H15ClF2N2O. The number of anilines is 1. The first-order chi connectivity index (χ1) is 8.08. The molecule has 1 aromatic rings. The Labute approximate surface area is 110 Å². The Morgan fingerprint density at radius 1 is 1.33 bits per heavy atom. The zero-order valence-electron chi connectivity index (χ0n) is 9.66. The van der Waals surface area contributed by atoms with E-state index in [0.717, 1.165) is 31.4 Å². The Morgan fingerprint density at radius 3 is 2.61 bits per heavy atom. The van der Waals surface area contributed by atoms with Gasteiger partial charge in [0.05, 0.1) is 11.6 Å². The van der Waals surface area contributed by atoms with Gasteiger partial charge in [0, 0.05) is 12.1 Å². The molecule has 2 unspecified atom stereocenters. The molecule has 1 amide bonds. The van der Waals surface area contributed by atoms with Crippen molar-refractivity contribution < 1.29 is 13.6 Å². The first kappa shape index (κ1) is 14.9. The van der Waals surface area contributed by atoms with Gasteiger partial charge in [0.1, 0.15) is 11.6 Å². The summed E-state index contributed by atoms with van der Waals surface area (Å²) in [6.45, 7) is 0. The summed E-state index contributed by atoms with van der Waals surface area (Å²) in [5.74, 6) is -2.01. The van der Waals surface area contributed by atoms with E-state index in [4.69, 9.17) is 5.73 Å². The number of nitrogens with one attached hydrogen (secondary N) is 1. The van der Waals surface area contributed by atoms with E-state index in [0.29, 0.717) is 0 Å². The lowest BCUT2D eigenvalue weighted by atomic mass is 10.0. The third kappa shape index (κ3) is 3.17. The van der Waals surface area contributed by atoms with Gasteiger partial charge >= 0.3 is 0 Å². The van der Waals surface area contributed by atoms with Crippen molar-refractivity contribution in [3.8, 4) is 0 Å². The number of carbonyl (C=O) groups is 1. The Kier molecular flexibility index (Phi) is 5.04. The van der Waals surface area contributed by atoms with E-state index < -0.39 is 11.6 Å². The Morgan fingerprint density at radius 2 is 2.06 bits per heavy atom. The molecule has 2 rings (SSSR count). The van der Waals surface area contributed by atoms with Crippen LogP contribution in [0.2, 0.25) is 0 Å². The molecule has 0 spiro atoms. The van der Waals surface area contributed by atoms with Crippen LogP contribution in [0.5, 0.6) is 0 Å². The van der Waals surface area contributed by atoms with Crippen LogP contribution in [0.25, 0.3) is 0 Å². The van der Waals surface area contributed by atoms with Crippen LogP contribution in [0.3, 0.4) is 0 Å². The Balaban J connectivity index is 0.00000162. The van der Waals surface area contributed by atoms with Gasteiger partial charge in [-0.2, -0.15) is 0 Å². The average Bonchev–Trinajstić information content (AvgIpc) is 2.68. The van der Waals surface area contributed by atoms with Crippen molar-refractivity contribution in [3.63, 3.8) is 0 Å². The summed E-state index contributed by atoms with van der Waals surface area (Å²) in [5, 5.41) is 2.45. The maximum absolute atomic E-state index is 13.3. The minimum Gasteiger partial charge on any atom is -0.327 e. The molecule has 0 heterocycles. The highest BCUT2D eigenvalue weighted by atomic mass is 35.5. The van der Waals surface area contributed by atoms with E-state index in [1.54, 1.807) is 0 Å². The topological polar surface area (TPSA) is 55.1 Å². The molecule has 0 radical (unpaired) electrons. The van der Waals surface area contributed by atoms with Crippen LogP contribution >= 0.6 is 12.4 Å². The van der Waals surface area contributed by atoms with E-state index in [1.165, 1.54) is 6.07 Å². The van der Waals surface area contributed by atoms with Gasteiger partial charge in [-0.05, 0) is 25.0 Å². The van der Waals surface area contributed by atoms with Gasteiger partial charge in [0.25, 0.3) is 0 Å². The highest BCUT2D eigenvalue weighted by Crippen LogP contribution is 2.26. The summed E-state index contributed by atoms with van der Waals surface area (Å²) < 4.78 is 26.0. The number of amides is 1. The van der Waals surface area contributed by atoms with Gasteiger partial charge in [-0.1, -0.05) is 6.42 Å². The van der Waals surface area contributed by atoms with E-state index in [2.05, 4.69) is 5.32 Å². The van der Waals surface area contributed by atoms with Crippen LogP contribution in [-0.4, -0.2) is 11.9 Å². The highest BCUT2D eigenvalue weighted by Gasteiger charge is 2.30. The van der Waals surface area contributed by atoms with E-state index in [-0.39, 0.29) is 36.0 Å². The number of benzene rings is 1. The summed E-state index contributed by atoms with van der Waals surface area (Å²) in [6, 6.07) is 2.89. The van der Waals surface area contributed by atoms with Crippen LogP contribution in [-0.2, 0) is 4.79 Å². The first-order valence-electron chi connectivity index (χ1n) is 5.59. The predicted molar refractivity (Wildman–Crippen MR) is 67.6 cm³/mol. The maximum atomic E-state index is 13.3. The second-order valence-corrected chi connectivity index (χ2v) is 4.31. The van der Waals surface area contributed by atoms with Crippen molar-refractivity contribution in [1.29, 1.82) is 0 Å². The normalized spacial score (nSPS) is 22.4. The Bertz CT molecular complexity index is 442. The molecule has 0 aliphatic heterocycles. The fourth-order valence-corrected chi connectivity index (χ4v) is 2.13. The second-order valence-electron chi connectivity index (χ2n) is 4.31. The van der Waals surface area contributed by atoms with Gasteiger partial charge in [-0.3, -0.25) is 4.79 Å². The van der Waals surface area contributed by atoms with E-state index >= 15 is 0 Å². The van der Waals surface area contributed by atoms with Crippen molar-refractivity contribution in [3.05, 3.63) is 29.8 Å². The number of rotatable bonds is 2. The molecule has 2 atom stereocenters. The smallest absolute Gasteiger partial charge is 0.229 e. The predicted octanol–water partition coefficient (Wildman–Crippen LogP) is 2.45. The summed E-state index contributed by atoms with van der Waals surface area (Å²) in [7, 11) is 0. The number of hydrogen-bond acceptors (Lipinski definition) is 2. The molecule has 3 N–H and O–H groups in total. The third-order valence-electron chi connectivity index (χ3n) is 3.10. The van der Waals surface area contributed by atoms with Gasteiger partial charge in [-0.25, -0.2) is 8.78 Å². The van der Waals surface area contributed by atoms with E-state index in [9.17, 15) is 13.6 Å². The lowest BCUT2D eigenvalue weighted by Gasteiger charge is -2.15. The molecule has 0 bridgehead atoms. The van der Waals surface area contributed by atoms with Crippen molar-refractivity contribution >= 4 is 24.0 Å². The monoisotopic (exact) mass is 276 g/mol. The molecule has 100 valence electrons. The summed E-state index contributed by atoms with van der Waals surface area (Å²) in [5.41, 5.74) is 5.78. The van der Waals surface area contributed by atoms with Crippen molar-refractivity contribution in [2.24, 2.45) is 11.7 Å². The van der Waals surface area contributed by atoms with Gasteiger partial charge < -0.3 is 11.1 Å². The van der Waals surface area contributed by atoms with Crippen LogP contribution in [0.15, 0.2) is 18.2 Å². The zero-order chi connectivity index (χ0) is 12.4. The number of nitrogens with two attached hydrogens (primary N) is 1. The van der Waals surface area contributed by atoms with Crippen LogP contribution < -0.4 is 11.1 Å². The number of carbonyl (C=O) groups excluding carboxylic acids is 1.